The standard InChI is InChI=1S/2C48H32N2/c1-3-13-33(14-4-1)34-15-11-16-35(29-34)36-17-12-20-40(30-36)50-45-23-9-7-21-41(45)43-27-25-38(32-48(43)50)37-26-28-47-44(31-37)42-22-8-10-24-46(42)49(47)39-18-5-2-6-19-39;1-3-12-33(13-4-1)34-22-24-35(25-23-34)36-14-11-17-40(30-36)50-45-20-9-7-18-41(45)43-28-26-38(32-48(43)50)37-27-29-47-44(31-37)42-19-8-10-21-46(42)49(47)39-15-5-2-6-16-39/h2*1-32H. The Morgan fingerprint density at radius 3 is 0.770 bits per heavy atom. The molecular formula is C96H64N4. The molecule has 0 spiro atoms. The molecular weight excluding hydrogens is 1210 g/mol. The Morgan fingerprint density at radius 2 is 0.340 bits per heavy atom. The van der Waals surface area contributed by atoms with E-state index < -0.39 is 0 Å². The van der Waals surface area contributed by atoms with Crippen molar-refractivity contribution < 1.29 is 0 Å². The minimum Gasteiger partial charge on any atom is -0.309 e. The summed E-state index contributed by atoms with van der Waals surface area (Å²) in [5.74, 6) is 0. The second-order valence-electron chi connectivity index (χ2n) is 26.0. The van der Waals surface area contributed by atoms with Crippen molar-refractivity contribution in [3.05, 3.63) is 388 Å². The van der Waals surface area contributed by atoms with Gasteiger partial charge in [0, 0.05) is 65.8 Å². The van der Waals surface area contributed by atoms with E-state index in [4.69, 9.17) is 0 Å². The average Bonchev–Trinajstić information content (AvgIpc) is 1.60. The van der Waals surface area contributed by atoms with E-state index in [1.54, 1.807) is 0 Å². The molecule has 0 aliphatic rings. The number of benzene rings is 16. The Kier molecular flexibility index (Phi) is 14.2. The minimum absolute atomic E-state index is 1.15. The molecule has 20 rings (SSSR count). The molecule has 0 saturated carbocycles. The van der Waals surface area contributed by atoms with Crippen LogP contribution in [0.1, 0.15) is 0 Å². The van der Waals surface area contributed by atoms with Crippen molar-refractivity contribution in [2.75, 3.05) is 0 Å². The molecule has 0 saturated heterocycles. The van der Waals surface area contributed by atoms with E-state index in [-0.39, 0.29) is 0 Å². The first-order valence-electron chi connectivity index (χ1n) is 34.4. The van der Waals surface area contributed by atoms with Crippen LogP contribution in [0.2, 0.25) is 0 Å². The van der Waals surface area contributed by atoms with E-state index in [0.29, 0.717) is 0 Å². The Balaban J connectivity index is 0.000000139. The van der Waals surface area contributed by atoms with Crippen molar-refractivity contribution >= 4 is 87.2 Å². The van der Waals surface area contributed by atoms with Crippen LogP contribution in [0.4, 0.5) is 0 Å². The zero-order valence-corrected chi connectivity index (χ0v) is 54.7. The zero-order chi connectivity index (χ0) is 66.0. The predicted octanol–water partition coefficient (Wildman–Crippen LogP) is 25.8. The van der Waals surface area contributed by atoms with Gasteiger partial charge in [-0.05, 0) is 182 Å². The molecule has 16 aromatic carbocycles. The summed E-state index contributed by atoms with van der Waals surface area (Å²) in [5.41, 5.74) is 28.8. The fourth-order valence-electron chi connectivity index (χ4n) is 15.5. The molecule has 4 heterocycles. The maximum Gasteiger partial charge on any atom is 0.0547 e. The highest BCUT2D eigenvalue weighted by molar-refractivity contribution is 6.15. The Labute approximate surface area is 579 Å². The summed E-state index contributed by atoms with van der Waals surface area (Å²) in [6.07, 6.45) is 0. The van der Waals surface area contributed by atoms with Crippen LogP contribution in [-0.2, 0) is 0 Å². The molecule has 4 heteroatoms. The fraction of sp³-hybridized carbons (Fsp3) is 0. The van der Waals surface area contributed by atoms with Gasteiger partial charge in [0.2, 0.25) is 0 Å². The molecule has 0 radical (unpaired) electrons. The number of rotatable bonds is 10. The van der Waals surface area contributed by atoms with Crippen molar-refractivity contribution in [2.45, 2.75) is 0 Å². The van der Waals surface area contributed by atoms with E-state index >= 15 is 0 Å². The van der Waals surface area contributed by atoms with Gasteiger partial charge in [-0.15, -0.1) is 0 Å². The van der Waals surface area contributed by atoms with Crippen molar-refractivity contribution in [1.29, 1.82) is 0 Å². The summed E-state index contributed by atoms with van der Waals surface area (Å²) in [6, 6.07) is 141. The van der Waals surface area contributed by atoms with Crippen LogP contribution in [0, 0.1) is 0 Å². The topological polar surface area (TPSA) is 19.7 Å². The number of fused-ring (bicyclic) bond motifs is 12. The third-order valence-corrected chi connectivity index (χ3v) is 20.2. The maximum absolute atomic E-state index is 2.43. The van der Waals surface area contributed by atoms with Crippen LogP contribution in [0.15, 0.2) is 388 Å². The highest BCUT2D eigenvalue weighted by Crippen LogP contribution is 2.42. The van der Waals surface area contributed by atoms with E-state index in [2.05, 4.69) is 407 Å². The quantitative estimate of drug-likeness (QED) is 0.130. The smallest absolute Gasteiger partial charge is 0.0547 e. The van der Waals surface area contributed by atoms with Crippen molar-refractivity contribution in [1.82, 2.24) is 18.3 Å². The summed E-state index contributed by atoms with van der Waals surface area (Å²) < 4.78 is 9.60. The minimum atomic E-state index is 1.15. The summed E-state index contributed by atoms with van der Waals surface area (Å²) >= 11 is 0. The third kappa shape index (κ3) is 10.1. The molecule has 0 N–H and O–H groups in total. The van der Waals surface area contributed by atoms with Gasteiger partial charge in [-0.3, -0.25) is 0 Å². The van der Waals surface area contributed by atoms with E-state index in [0.717, 1.165) is 11.4 Å². The number of para-hydroxylation sites is 6. The summed E-state index contributed by atoms with van der Waals surface area (Å²) in [5, 5.41) is 10.1. The lowest BCUT2D eigenvalue weighted by atomic mass is 9.99. The lowest BCUT2D eigenvalue weighted by molar-refractivity contribution is 1.18. The molecule has 0 unspecified atom stereocenters. The molecule has 0 fully saturated rings. The largest absolute Gasteiger partial charge is 0.309 e. The van der Waals surface area contributed by atoms with Crippen LogP contribution in [0.5, 0.6) is 0 Å². The average molecular weight is 1270 g/mol. The van der Waals surface area contributed by atoms with Crippen molar-refractivity contribution in [3.8, 4) is 89.5 Å². The lowest BCUT2D eigenvalue weighted by Crippen LogP contribution is -1.95. The fourth-order valence-corrected chi connectivity index (χ4v) is 15.5. The van der Waals surface area contributed by atoms with E-state index in [1.165, 1.54) is 165 Å². The van der Waals surface area contributed by atoms with E-state index in [1.807, 2.05) is 0 Å². The molecule has 0 amide bonds. The summed E-state index contributed by atoms with van der Waals surface area (Å²) in [7, 11) is 0. The van der Waals surface area contributed by atoms with Crippen LogP contribution in [0.25, 0.3) is 177 Å². The molecule has 0 bridgehead atoms. The molecule has 0 aliphatic carbocycles. The number of nitrogens with zero attached hydrogens (tertiary/aromatic N) is 4. The van der Waals surface area contributed by atoms with Gasteiger partial charge in [-0.2, -0.15) is 0 Å². The first-order valence-corrected chi connectivity index (χ1v) is 34.4. The van der Waals surface area contributed by atoms with Gasteiger partial charge in [0.1, 0.15) is 0 Å². The zero-order valence-electron chi connectivity index (χ0n) is 54.7. The van der Waals surface area contributed by atoms with Crippen LogP contribution in [0.3, 0.4) is 0 Å². The maximum atomic E-state index is 2.43. The van der Waals surface area contributed by atoms with Gasteiger partial charge in [-0.1, -0.05) is 273 Å². The predicted molar refractivity (Wildman–Crippen MR) is 423 cm³/mol. The summed E-state index contributed by atoms with van der Waals surface area (Å²) in [4.78, 5) is 0. The normalized spacial score (nSPS) is 11.6. The van der Waals surface area contributed by atoms with Gasteiger partial charge in [0.25, 0.3) is 0 Å². The second kappa shape index (κ2) is 24.4. The molecule has 100 heavy (non-hydrogen) atoms. The Bertz CT molecular complexity index is 6490. The van der Waals surface area contributed by atoms with Gasteiger partial charge in [-0.25, -0.2) is 0 Å². The highest BCUT2D eigenvalue weighted by atomic mass is 15.0. The second-order valence-corrected chi connectivity index (χ2v) is 26.0. The molecule has 20 aromatic rings. The number of hydrogen-bond acceptors (Lipinski definition) is 0. The summed E-state index contributed by atoms with van der Waals surface area (Å²) in [6.45, 7) is 0. The first kappa shape index (κ1) is 58.1. The van der Waals surface area contributed by atoms with Crippen molar-refractivity contribution in [2.24, 2.45) is 0 Å². The van der Waals surface area contributed by atoms with Gasteiger partial charge in [0.15, 0.2) is 0 Å². The molecule has 4 aromatic heterocycles. The van der Waals surface area contributed by atoms with E-state index in [9.17, 15) is 0 Å². The van der Waals surface area contributed by atoms with Crippen LogP contribution >= 0.6 is 0 Å². The Hall–Kier alpha value is -13.3. The monoisotopic (exact) mass is 1270 g/mol. The van der Waals surface area contributed by atoms with Crippen molar-refractivity contribution in [3.63, 3.8) is 0 Å². The molecule has 0 atom stereocenters. The third-order valence-electron chi connectivity index (χ3n) is 20.2. The van der Waals surface area contributed by atoms with Gasteiger partial charge >= 0.3 is 0 Å². The lowest BCUT2D eigenvalue weighted by Gasteiger charge is -2.12. The van der Waals surface area contributed by atoms with Gasteiger partial charge < -0.3 is 18.3 Å². The molecule has 4 nitrogen and oxygen atoms in total. The van der Waals surface area contributed by atoms with Gasteiger partial charge in [0.05, 0.1) is 44.1 Å². The molecule has 0 aliphatic heterocycles. The SMILES string of the molecule is c1ccc(-c2ccc(-c3cccc(-n4c5ccccc5c5ccc(-c6ccc7c(c6)c6ccccc6n7-c6ccccc6)cc54)c3)cc2)cc1.c1ccc(-c2cccc(-c3cccc(-n4c5ccccc5c5ccc(-c6ccc7c(c6)c6ccccc6n7-c6ccccc6)cc54)c3)c2)cc1. The highest BCUT2D eigenvalue weighted by Gasteiger charge is 2.20. The van der Waals surface area contributed by atoms with Crippen LogP contribution < -0.4 is 0 Å². The number of hydrogen-bond donors (Lipinski definition) is 0. The first-order chi connectivity index (χ1) is 49.6. The van der Waals surface area contributed by atoms with Crippen LogP contribution in [-0.4, -0.2) is 18.3 Å². The molecule has 468 valence electrons. The number of aromatic nitrogens is 4. The Morgan fingerprint density at radius 1 is 0.110 bits per heavy atom.